The second-order valence-corrected chi connectivity index (χ2v) is 7.21. The molecule has 0 aliphatic rings. The summed E-state index contributed by atoms with van der Waals surface area (Å²) in [7, 11) is -1.54. The van der Waals surface area contributed by atoms with Gasteiger partial charge in [0.25, 0.3) is 0 Å². The van der Waals surface area contributed by atoms with Crippen molar-refractivity contribution >= 4 is 31.5 Å². The van der Waals surface area contributed by atoms with Crippen LogP contribution >= 0.6 is 15.9 Å². The molecule has 7 heteroatoms. The molecule has 0 saturated heterocycles. The Hall–Kier alpha value is -1.34. The Morgan fingerprint density at radius 3 is 2.74 bits per heavy atom. The summed E-state index contributed by atoms with van der Waals surface area (Å²) in [6.07, 6.45) is 3.92. The number of halogens is 1. The minimum absolute atomic E-state index is 0.0429. The minimum Gasteiger partial charge on any atom is -0.399 e. The van der Waals surface area contributed by atoms with Gasteiger partial charge in [0.15, 0.2) is 9.84 Å². The van der Waals surface area contributed by atoms with Crippen LogP contribution in [0.3, 0.4) is 0 Å². The maximum Gasteiger partial charge on any atom is 0.179 e. The predicted molar refractivity (Wildman–Crippen MR) is 77.5 cm³/mol. The SMILES string of the molecule is Cn1cc(CCS(=O)(=O)c2ccc(N)cc2Br)cn1. The normalized spacial score (nSPS) is 11.7. The topological polar surface area (TPSA) is 78.0 Å². The third kappa shape index (κ3) is 3.36. The third-order valence-electron chi connectivity index (χ3n) is 2.71. The van der Waals surface area contributed by atoms with E-state index < -0.39 is 9.84 Å². The first-order chi connectivity index (χ1) is 8.88. The minimum atomic E-state index is -3.34. The Kier molecular flexibility index (Phi) is 3.96. The number of nitrogens with zero attached hydrogens (tertiary/aromatic N) is 2. The van der Waals surface area contributed by atoms with Gasteiger partial charge in [0, 0.05) is 23.4 Å². The summed E-state index contributed by atoms with van der Waals surface area (Å²) in [5.41, 5.74) is 7.03. The predicted octanol–water partition coefficient (Wildman–Crippen LogP) is 1.78. The number of nitrogens with two attached hydrogens (primary N) is 1. The fourth-order valence-corrected chi connectivity index (χ4v) is 4.22. The van der Waals surface area contributed by atoms with Crippen molar-refractivity contribution in [3.05, 3.63) is 40.6 Å². The van der Waals surface area contributed by atoms with E-state index in [1.807, 2.05) is 6.20 Å². The van der Waals surface area contributed by atoms with E-state index >= 15 is 0 Å². The molecule has 0 aliphatic heterocycles. The van der Waals surface area contributed by atoms with Gasteiger partial charge >= 0.3 is 0 Å². The standard InChI is InChI=1S/C12H14BrN3O2S/c1-16-8-9(7-15-16)4-5-19(17,18)12-3-2-10(14)6-11(12)13/h2-3,6-8H,4-5,14H2,1H3. The molecule has 19 heavy (non-hydrogen) atoms. The van der Waals surface area contributed by atoms with Crippen molar-refractivity contribution in [3.63, 3.8) is 0 Å². The van der Waals surface area contributed by atoms with Crippen molar-refractivity contribution in [1.82, 2.24) is 9.78 Å². The largest absolute Gasteiger partial charge is 0.399 e. The number of aryl methyl sites for hydroxylation is 2. The molecular weight excluding hydrogens is 330 g/mol. The summed E-state index contributed by atoms with van der Waals surface area (Å²) in [5.74, 6) is 0.0429. The fourth-order valence-electron chi connectivity index (χ4n) is 1.73. The van der Waals surface area contributed by atoms with Gasteiger partial charge in [-0.25, -0.2) is 8.42 Å². The highest BCUT2D eigenvalue weighted by Gasteiger charge is 2.18. The van der Waals surface area contributed by atoms with E-state index in [-0.39, 0.29) is 10.6 Å². The zero-order valence-corrected chi connectivity index (χ0v) is 12.8. The Balaban J connectivity index is 2.18. The van der Waals surface area contributed by atoms with Crippen molar-refractivity contribution in [2.24, 2.45) is 7.05 Å². The molecule has 0 aliphatic carbocycles. The first kappa shape index (κ1) is 14.1. The number of anilines is 1. The highest BCUT2D eigenvalue weighted by atomic mass is 79.9. The van der Waals surface area contributed by atoms with Crippen LogP contribution in [0.25, 0.3) is 0 Å². The average Bonchev–Trinajstić information content (AvgIpc) is 2.72. The van der Waals surface area contributed by atoms with Crippen molar-refractivity contribution in [3.8, 4) is 0 Å². The summed E-state index contributed by atoms with van der Waals surface area (Å²) in [5, 5.41) is 4.02. The zero-order chi connectivity index (χ0) is 14.0. The highest BCUT2D eigenvalue weighted by Crippen LogP contribution is 2.25. The van der Waals surface area contributed by atoms with E-state index in [1.165, 1.54) is 6.07 Å². The maximum absolute atomic E-state index is 12.2. The molecule has 5 nitrogen and oxygen atoms in total. The molecule has 1 aromatic heterocycles. The monoisotopic (exact) mass is 343 g/mol. The van der Waals surface area contributed by atoms with Gasteiger partial charge in [-0.3, -0.25) is 4.68 Å². The van der Waals surface area contributed by atoms with Gasteiger partial charge in [-0.2, -0.15) is 5.10 Å². The lowest BCUT2D eigenvalue weighted by Gasteiger charge is -2.06. The van der Waals surface area contributed by atoms with Crippen LogP contribution in [-0.2, 0) is 23.3 Å². The van der Waals surface area contributed by atoms with Crippen LogP contribution in [0, 0.1) is 0 Å². The molecule has 0 saturated carbocycles. The summed E-state index contributed by atoms with van der Waals surface area (Å²) in [4.78, 5) is 0.269. The van der Waals surface area contributed by atoms with Crippen molar-refractivity contribution in [1.29, 1.82) is 0 Å². The van der Waals surface area contributed by atoms with Gasteiger partial charge in [0.2, 0.25) is 0 Å². The van der Waals surface area contributed by atoms with Crippen LogP contribution in [0.2, 0.25) is 0 Å². The second-order valence-electron chi connectivity index (χ2n) is 4.28. The Morgan fingerprint density at radius 1 is 1.42 bits per heavy atom. The maximum atomic E-state index is 12.2. The summed E-state index contributed by atoms with van der Waals surface area (Å²) < 4.78 is 26.6. The molecule has 102 valence electrons. The third-order valence-corrected chi connectivity index (χ3v) is 5.40. The van der Waals surface area contributed by atoms with Gasteiger partial charge in [0.05, 0.1) is 16.8 Å². The number of nitrogen functional groups attached to an aromatic ring is 1. The van der Waals surface area contributed by atoms with Crippen LogP contribution in [-0.4, -0.2) is 24.0 Å². The zero-order valence-electron chi connectivity index (χ0n) is 10.4. The number of aromatic nitrogens is 2. The van der Waals surface area contributed by atoms with Gasteiger partial charge in [0.1, 0.15) is 0 Å². The Labute approximate surface area is 120 Å². The molecule has 0 fully saturated rings. The lowest BCUT2D eigenvalue weighted by molar-refractivity contribution is 0.595. The van der Waals surface area contributed by atoms with E-state index in [9.17, 15) is 8.42 Å². The molecular formula is C12H14BrN3O2S. The second kappa shape index (κ2) is 5.34. The highest BCUT2D eigenvalue weighted by molar-refractivity contribution is 9.10. The number of sulfone groups is 1. The smallest absolute Gasteiger partial charge is 0.179 e. The molecule has 0 spiro atoms. The molecule has 2 aromatic rings. The van der Waals surface area contributed by atoms with E-state index in [1.54, 1.807) is 30.1 Å². The molecule has 2 N–H and O–H groups in total. The first-order valence-corrected chi connectivity index (χ1v) is 8.08. The van der Waals surface area contributed by atoms with Crippen LogP contribution < -0.4 is 5.73 Å². The lowest BCUT2D eigenvalue weighted by Crippen LogP contribution is -2.10. The van der Waals surface area contributed by atoms with Gasteiger partial charge in [-0.15, -0.1) is 0 Å². The molecule has 0 atom stereocenters. The molecule has 1 aromatic carbocycles. The molecule has 1 heterocycles. The van der Waals surface area contributed by atoms with Gasteiger partial charge in [-0.1, -0.05) is 0 Å². The lowest BCUT2D eigenvalue weighted by atomic mass is 10.3. The molecule has 0 bridgehead atoms. The molecule has 0 unspecified atom stereocenters. The first-order valence-electron chi connectivity index (χ1n) is 5.64. The van der Waals surface area contributed by atoms with Gasteiger partial charge in [-0.05, 0) is 46.1 Å². The van der Waals surface area contributed by atoms with Crippen LogP contribution in [0.5, 0.6) is 0 Å². The van der Waals surface area contributed by atoms with Gasteiger partial charge < -0.3 is 5.73 Å². The van der Waals surface area contributed by atoms with Crippen LogP contribution in [0.1, 0.15) is 5.56 Å². The summed E-state index contributed by atoms with van der Waals surface area (Å²) >= 11 is 3.24. The number of hydrogen-bond acceptors (Lipinski definition) is 4. The summed E-state index contributed by atoms with van der Waals surface area (Å²) in [6, 6.07) is 4.71. The molecule has 0 radical (unpaired) electrons. The van der Waals surface area contributed by atoms with E-state index in [4.69, 9.17) is 5.73 Å². The fraction of sp³-hybridized carbons (Fsp3) is 0.250. The Morgan fingerprint density at radius 2 is 2.16 bits per heavy atom. The quantitative estimate of drug-likeness (QED) is 0.858. The number of benzene rings is 1. The van der Waals surface area contributed by atoms with Crippen molar-refractivity contribution in [2.45, 2.75) is 11.3 Å². The Bertz CT molecular complexity index is 695. The molecule has 0 amide bonds. The van der Waals surface area contributed by atoms with Crippen molar-refractivity contribution < 1.29 is 8.42 Å². The number of hydrogen-bond donors (Lipinski definition) is 1. The van der Waals surface area contributed by atoms with E-state index in [0.717, 1.165) is 5.56 Å². The van der Waals surface area contributed by atoms with E-state index in [2.05, 4.69) is 21.0 Å². The molecule has 2 rings (SSSR count). The van der Waals surface area contributed by atoms with Crippen molar-refractivity contribution in [2.75, 3.05) is 11.5 Å². The summed E-state index contributed by atoms with van der Waals surface area (Å²) in [6.45, 7) is 0. The average molecular weight is 344 g/mol. The van der Waals surface area contributed by atoms with Crippen LogP contribution in [0.15, 0.2) is 40.0 Å². The van der Waals surface area contributed by atoms with Crippen LogP contribution in [0.4, 0.5) is 5.69 Å². The van der Waals surface area contributed by atoms with E-state index in [0.29, 0.717) is 16.6 Å². The number of rotatable bonds is 4.